The molecule has 3 heterocycles. The van der Waals surface area contributed by atoms with E-state index in [-0.39, 0.29) is 18.4 Å². The molecule has 36 heavy (non-hydrogen) atoms. The standard InChI is InChI=1S/C26H27N9O/c1-3-35-21(13-17(2)33-35)30-22(36)15-34-16-28-23-24(31-26(27)32-25(23)34)29-20-11-9-19(10-12-20)14-18-7-5-4-6-8-18/h4-13,16H,3,14-15H2,1-2H3,(H,30,36)(H3,27,29,31,32). The molecular weight excluding hydrogens is 454 g/mol. The smallest absolute Gasteiger partial charge is 0.245 e. The molecule has 0 fully saturated rings. The summed E-state index contributed by atoms with van der Waals surface area (Å²) in [7, 11) is 0. The molecule has 4 N–H and O–H groups in total. The lowest BCUT2D eigenvalue weighted by Gasteiger charge is -2.10. The lowest BCUT2D eigenvalue weighted by atomic mass is 10.0. The summed E-state index contributed by atoms with van der Waals surface area (Å²) in [6, 6.07) is 20.3. The number of aryl methyl sites for hydroxylation is 2. The van der Waals surface area contributed by atoms with Gasteiger partial charge in [0.1, 0.15) is 12.4 Å². The van der Waals surface area contributed by atoms with Crippen molar-refractivity contribution < 1.29 is 4.79 Å². The van der Waals surface area contributed by atoms with Crippen LogP contribution in [0.4, 0.5) is 23.3 Å². The highest BCUT2D eigenvalue weighted by atomic mass is 16.2. The third kappa shape index (κ3) is 5.02. The van der Waals surface area contributed by atoms with E-state index < -0.39 is 0 Å². The number of nitrogens with zero attached hydrogens (tertiary/aromatic N) is 6. The van der Waals surface area contributed by atoms with Gasteiger partial charge in [-0.15, -0.1) is 0 Å². The number of hydrogen-bond donors (Lipinski definition) is 3. The van der Waals surface area contributed by atoms with E-state index in [1.807, 2.05) is 50.2 Å². The van der Waals surface area contributed by atoms with Gasteiger partial charge in [-0.3, -0.25) is 4.79 Å². The average Bonchev–Trinajstić information content (AvgIpc) is 3.43. The summed E-state index contributed by atoms with van der Waals surface area (Å²) in [5.41, 5.74) is 11.1. The van der Waals surface area contributed by atoms with Gasteiger partial charge >= 0.3 is 0 Å². The maximum atomic E-state index is 12.7. The molecule has 5 aromatic rings. The first-order valence-electron chi connectivity index (χ1n) is 11.7. The average molecular weight is 482 g/mol. The van der Waals surface area contributed by atoms with Crippen LogP contribution in [0.15, 0.2) is 67.0 Å². The molecule has 5 rings (SSSR count). The first kappa shape index (κ1) is 23.0. The Bertz CT molecular complexity index is 1500. The quantitative estimate of drug-likeness (QED) is 0.306. The number of rotatable bonds is 8. The predicted molar refractivity (Wildman–Crippen MR) is 140 cm³/mol. The van der Waals surface area contributed by atoms with Gasteiger partial charge in [-0.1, -0.05) is 42.5 Å². The van der Waals surface area contributed by atoms with Crippen LogP contribution in [0.25, 0.3) is 11.2 Å². The number of nitrogen functional groups attached to an aromatic ring is 1. The third-order valence-electron chi connectivity index (χ3n) is 5.73. The second-order valence-electron chi connectivity index (χ2n) is 8.49. The van der Waals surface area contributed by atoms with Gasteiger partial charge in [0.05, 0.1) is 12.0 Å². The molecule has 10 heteroatoms. The second-order valence-corrected chi connectivity index (χ2v) is 8.49. The topological polar surface area (TPSA) is 129 Å². The molecular formula is C26H27N9O. The highest BCUT2D eigenvalue weighted by Crippen LogP contribution is 2.24. The normalized spacial score (nSPS) is 11.1. The number of amides is 1. The molecule has 182 valence electrons. The molecule has 0 spiro atoms. The maximum Gasteiger partial charge on any atom is 0.245 e. The van der Waals surface area contributed by atoms with Crippen molar-refractivity contribution in [3.05, 3.63) is 83.8 Å². The summed E-state index contributed by atoms with van der Waals surface area (Å²) >= 11 is 0. The second kappa shape index (κ2) is 9.87. The van der Waals surface area contributed by atoms with Crippen LogP contribution in [0, 0.1) is 6.92 Å². The predicted octanol–water partition coefficient (Wildman–Crippen LogP) is 3.91. The molecule has 0 aliphatic heterocycles. The molecule has 1 amide bonds. The Hall–Kier alpha value is -4.73. The van der Waals surface area contributed by atoms with Crippen molar-refractivity contribution in [2.75, 3.05) is 16.4 Å². The first-order valence-corrected chi connectivity index (χ1v) is 11.7. The third-order valence-corrected chi connectivity index (χ3v) is 5.73. The zero-order valence-electron chi connectivity index (χ0n) is 20.1. The molecule has 2 aromatic carbocycles. The zero-order chi connectivity index (χ0) is 25.1. The number of anilines is 4. The number of aromatic nitrogens is 6. The molecule has 0 aliphatic rings. The fourth-order valence-electron chi connectivity index (χ4n) is 4.06. The summed E-state index contributed by atoms with van der Waals surface area (Å²) in [5, 5.41) is 10.5. The van der Waals surface area contributed by atoms with Crippen LogP contribution in [0.1, 0.15) is 23.7 Å². The first-order chi connectivity index (χ1) is 17.5. The van der Waals surface area contributed by atoms with Crippen LogP contribution in [0.2, 0.25) is 0 Å². The lowest BCUT2D eigenvalue weighted by molar-refractivity contribution is -0.116. The molecule has 0 radical (unpaired) electrons. The Morgan fingerprint density at radius 3 is 2.53 bits per heavy atom. The van der Waals surface area contributed by atoms with E-state index in [4.69, 9.17) is 5.73 Å². The number of imidazole rings is 1. The maximum absolute atomic E-state index is 12.7. The van der Waals surface area contributed by atoms with Gasteiger partial charge in [0.15, 0.2) is 17.0 Å². The minimum atomic E-state index is -0.218. The Morgan fingerprint density at radius 1 is 1.03 bits per heavy atom. The van der Waals surface area contributed by atoms with Crippen LogP contribution >= 0.6 is 0 Å². The number of carbonyl (C=O) groups is 1. The van der Waals surface area contributed by atoms with E-state index in [1.54, 1.807) is 15.6 Å². The molecule has 0 saturated heterocycles. The number of nitrogens with one attached hydrogen (secondary N) is 2. The van der Waals surface area contributed by atoms with Crippen molar-refractivity contribution >= 4 is 40.3 Å². The fraction of sp³-hybridized carbons (Fsp3) is 0.192. The summed E-state index contributed by atoms with van der Waals surface area (Å²) in [6.45, 7) is 4.53. The van der Waals surface area contributed by atoms with Gasteiger partial charge in [0.2, 0.25) is 11.9 Å². The molecule has 0 saturated carbocycles. The van der Waals surface area contributed by atoms with Crippen molar-refractivity contribution in [3.63, 3.8) is 0 Å². The van der Waals surface area contributed by atoms with Crippen molar-refractivity contribution in [1.29, 1.82) is 0 Å². The molecule has 0 atom stereocenters. The van der Waals surface area contributed by atoms with Crippen molar-refractivity contribution in [1.82, 2.24) is 29.3 Å². The van der Waals surface area contributed by atoms with E-state index in [2.05, 4.69) is 54.9 Å². The summed E-state index contributed by atoms with van der Waals surface area (Å²) in [6.07, 6.45) is 2.42. The van der Waals surface area contributed by atoms with E-state index >= 15 is 0 Å². The Labute approximate surface area is 208 Å². The monoisotopic (exact) mass is 481 g/mol. The van der Waals surface area contributed by atoms with Gasteiger partial charge in [-0.05, 0) is 43.5 Å². The van der Waals surface area contributed by atoms with Crippen molar-refractivity contribution in [2.45, 2.75) is 33.4 Å². The summed E-state index contributed by atoms with van der Waals surface area (Å²) < 4.78 is 3.39. The Morgan fingerprint density at radius 2 is 1.78 bits per heavy atom. The zero-order valence-corrected chi connectivity index (χ0v) is 20.1. The van der Waals surface area contributed by atoms with Crippen LogP contribution in [-0.2, 0) is 24.3 Å². The summed E-state index contributed by atoms with van der Waals surface area (Å²) in [4.78, 5) is 25.8. The highest BCUT2D eigenvalue weighted by molar-refractivity contribution is 5.92. The van der Waals surface area contributed by atoms with Gasteiger partial charge < -0.3 is 20.9 Å². The SMILES string of the molecule is CCn1nc(C)cc1NC(=O)Cn1cnc2c(Nc3ccc(Cc4ccccc4)cc3)nc(N)nc21. The van der Waals surface area contributed by atoms with Crippen LogP contribution in [0.3, 0.4) is 0 Å². The Balaban J connectivity index is 1.32. The van der Waals surface area contributed by atoms with Gasteiger partial charge in [-0.2, -0.15) is 15.1 Å². The number of fused-ring (bicyclic) bond motifs is 1. The lowest BCUT2D eigenvalue weighted by Crippen LogP contribution is -2.20. The van der Waals surface area contributed by atoms with Crippen LogP contribution < -0.4 is 16.4 Å². The van der Waals surface area contributed by atoms with Gasteiger partial charge in [0, 0.05) is 18.3 Å². The fourth-order valence-corrected chi connectivity index (χ4v) is 4.06. The molecule has 10 nitrogen and oxygen atoms in total. The van der Waals surface area contributed by atoms with Crippen molar-refractivity contribution in [2.24, 2.45) is 0 Å². The van der Waals surface area contributed by atoms with E-state index in [1.165, 1.54) is 11.1 Å². The Kier molecular flexibility index (Phi) is 6.31. The largest absolute Gasteiger partial charge is 0.368 e. The molecule has 3 aromatic heterocycles. The van der Waals surface area contributed by atoms with Crippen LogP contribution in [-0.4, -0.2) is 35.2 Å². The van der Waals surface area contributed by atoms with Gasteiger partial charge in [0.25, 0.3) is 0 Å². The molecule has 0 aliphatic carbocycles. The van der Waals surface area contributed by atoms with Crippen LogP contribution in [0.5, 0.6) is 0 Å². The number of nitrogens with two attached hydrogens (primary N) is 1. The highest BCUT2D eigenvalue weighted by Gasteiger charge is 2.16. The van der Waals surface area contributed by atoms with E-state index in [0.717, 1.165) is 17.8 Å². The number of hydrogen-bond acceptors (Lipinski definition) is 7. The minimum absolute atomic E-state index is 0.0223. The summed E-state index contributed by atoms with van der Waals surface area (Å²) in [5.74, 6) is 1.00. The molecule has 0 bridgehead atoms. The van der Waals surface area contributed by atoms with Crippen molar-refractivity contribution in [3.8, 4) is 0 Å². The number of benzene rings is 2. The van der Waals surface area contributed by atoms with E-state index in [9.17, 15) is 4.79 Å². The van der Waals surface area contributed by atoms with E-state index in [0.29, 0.717) is 29.3 Å². The number of carbonyl (C=O) groups excluding carboxylic acids is 1. The van der Waals surface area contributed by atoms with Gasteiger partial charge in [-0.25, -0.2) is 9.67 Å². The molecule has 0 unspecified atom stereocenters. The minimum Gasteiger partial charge on any atom is -0.368 e.